The predicted octanol–water partition coefficient (Wildman–Crippen LogP) is 9.75. The molecule has 0 radical (unpaired) electrons. The average molecular weight is 521 g/mol. The first kappa shape index (κ1) is 26.8. The molecule has 2 unspecified atom stereocenters. The van der Waals surface area contributed by atoms with E-state index in [2.05, 4.69) is 19.1 Å². The van der Waals surface area contributed by atoms with Crippen LogP contribution in [0.4, 0.5) is 13.2 Å². The second-order valence-corrected chi connectivity index (χ2v) is 11.3. The Morgan fingerprint density at radius 1 is 0.737 bits per heavy atom. The van der Waals surface area contributed by atoms with Gasteiger partial charge in [0.05, 0.1) is 7.11 Å². The van der Waals surface area contributed by atoms with Crippen molar-refractivity contribution < 1.29 is 17.9 Å². The first-order valence-corrected chi connectivity index (χ1v) is 14.3. The fraction of sp³-hybridized carbons (Fsp3) is 0.471. The number of methoxy groups -OCH3 is 1. The summed E-state index contributed by atoms with van der Waals surface area (Å²) >= 11 is 0. The summed E-state index contributed by atoms with van der Waals surface area (Å²) < 4.78 is 49.1. The number of hydrogen-bond acceptors (Lipinski definition) is 1. The van der Waals surface area contributed by atoms with E-state index in [4.69, 9.17) is 4.74 Å². The van der Waals surface area contributed by atoms with Crippen LogP contribution in [0.2, 0.25) is 0 Å². The summed E-state index contributed by atoms with van der Waals surface area (Å²) in [7, 11) is 1.34. The van der Waals surface area contributed by atoms with Crippen molar-refractivity contribution in [3.63, 3.8) is 0 Å². The molecule has 1 nitrogen and oxygen atoms in total. The predicted molar refractivity (Wildman–Crippen MR) is 150 cm³/mol. The molecule has 0 heterocycles. The van der Waals surface area contributed by atoms with E-state index in [1.807, 2.05) is 24.3 Å². The summed E-state index contributed by atoms with van der Waals surface area (Å²) in [5, 5.41) is 0. The van der Waals surface area contributed by atoms with Crippen molar-refractivity contribution in [3.05, 3.63) is 89.5 Å². The van der Waals surface area contributed by atoms with Gasteiger partial charge in [-0.15, -0.1) is 0 Å². The summed E-state index contributed by atoms with van der Waals surface area (Å²) in [4.78, 5) is 0. The maximum Gasteiger partial charge on any atom is 0.192 e. The van der Waals surface area contributed by atoms with Gasteiger partial charge in [-0.25, -0.2) is 13.2 Å². The van der Waals surface area contributed by atoms with Crippen LogP contribution in [-0.2, 0) is 4.74 Å². The molecule has 2 fully saturated rings. The number of halogens is 3. The molecule has 2 atom stereocenters. The number of hydrogen-bond donors (Lipinski definition) is 0. The Hall–Kier alpha value is -2.75. The van der Waals surface area contributed by atoms with Crippen molar-refractivity contribution in [2.24, 2.45) is 17.8 Å². The molecule has 3 aliphatic rings. The van der Waals surface area contributed by atoms with Crippen LogP contribution in [0.3, 0.4) is 0 Å². The van der Waals surface area contributed by atoms with Crippen molar-refractivity contribution in [1.82, 2.24) is 0 Å². The zero-order valence-corrected chi connectivity index (χ0v) is 22.5. The van der Waals surface area contributed by atoms with Crippen LogP contribution >= 0.6 is 0 Å². The van der Waals surface area contributed by atoms with Crippen molar-refractivity contribution in [2.75, 3.05) is 7.11 Å². The Labute approximate surface area is 225 Å². The fourth-order valence-electron chi connectivity index (χ4n) is 6.97. The lowest BCUT2D eigenvalue weighted by Crippen LogP contribution is -2.25. The lowest BCUT2D eigenvalue weighted by Gasteiger charge is -2.37. The van der Waals surface area contributed by atoms with Gasteiger partial charge in [0.1, 0.15) is 11.6 Å². The van der Waals surface area contributed by atoms with Gasteiger partial charge in [-0.3, -0.25) is 0 Å². The highest BCUT2D eigenvalue weighted by Crippen LogP contribution is 2.45. The SMILES string of the molecule is C/C=C/C1CCC(C2CCC(c3ccc(-c4ccc(C5=CC=C(OC)C(F)C5F)cc4)cc3F)CC2)CC1. The molecule has 0 bridgehead atoms. The monoisotopic (exact) mass is 520 g/mol. The van der Waals surface area contributed by atoms with Crippen LogP contribution in [0.25, 0.3) is 16.7 Å². The maximum atomic E-state index is 15.3. The zero-order valence-electron chi connectivity index (χ0n) is 22.5. The molecule has 4 heteroatoms. The molecule has 0 saturated heterocycles. The van der Waals surface area contributed by atoms with E-state index in [9.17, 15) is 8.78 Å². The molecule has 0 aliphatic heterocycles. The molecule has 202 valence electrons. The number of benzene rings is 2. The molecule has 2 aromatic carbocycles. The first-order chi connectivity index (χ1) is 18.5. The van der Waals surface area contributed by atoms with Crippen LogP contribution in [0.15, 0.2) is 72.5 Å². The third-order valence-corrected chi connectivity index (χ3v) is 9.20. The first-order valence-electron chi connectivity index (χ1n) is 14.3. The number of rotatable bonds is 6. The summed E-state index contributed by atoms with van der Waals surface area (Å²) in [6.07, 6.45) is 13.9. The van der Waals surface area contributed by atoms with Gasteiger partial charge in [0.15, 0.2) is 12.3 Å². The van der Waals surface area contributed by atoms with Crippen molar-refractivity contribution in [1.29, 1.82) is 0 Å². The van der Waals surface area contributed by atoms with Crippen LogP contribution in [0, 0.1) is 23.6 Å². The minimum absolute atomic E-state index is 0.00545. The Morgan fingerprint density at radius 3 is 1.95 bits per heavy atom. The van der Waals surface area contributed by atoms with Gasteiger partial charge in [0.25, 0.3) is 0 Å². The van der Waals surface area contributed by atoms with Crippen molar-refractivity contribution in [3.8, 4) is 11.1 Å². The van der Waals surface area contributed by atoms with Crippen LogP contribution in [0.5, 0.6) is 0 Å². The molecule has 38 heavy (non-hydrogen) atoms. The molecular formula is C34H39F3O. The van der Waals surface area contributed by atoms with E-state index >= 15 is 4.39 Å². The summed E-state index contributed by atoms with van der Waals surface area (Å²) in [6.45, 7) is 2.12. The van der Waals surface area contributed by atoms with E-state index in [1.165, 1.54) is 51.7 Å². The highest BCUT2D eigenvalue weighted by molar-refractivity contribution is 5.75. The van der Waals surface area contributed by atoms with Gasteiger partial charge >= 0.3 is 0 Å². The van der Waals surface area contributed by atoms with Gasteiger partial charge < -0.3 is 4.74 Å². The molecule has 0 N–H and O–H groups in total. The largest absolute Gasteiger partial charge is 0.498 e. The van der Waals surface area contributed by atoms with E-state index in [0.29, 0.717) is 11.5 Å². The molecule has 0 amide bonds. The highest BCUT2D eigenvalue weighted by Gasteiger charge is 2.33. The standard InChI is InChI=1S/C34H39F3O/c1-3-4-22-5-7-23(8-6-22)24-9-13-26(14-10-24)29-18-17-28(21-31(29)35)25-11-15-27(16-12-25)30-19-20-32(38-2)34(37)33(30)36/h3-4,11-12,15-24,26,33-34H,5-10,13-14H2,1-2H3/b4-3+. The molecule has 5 rings (SSSR count). The molecule has 0 aromatic heterocycles. The molecule has 2 saturated carbocycles. The average Bonchev–Trinajstić information content (AvgIpc) is 2.95. The highest BCUT2D eigenvalue weighted by atomic mass is 19.2. The molecule has 3 aliphatic carbocycles. The normalized spacial score (nSPS) is 30.1. The van der Waals surface area contributed by atoms with Crippen LogP contribution in [-0.4, -0.2) is 19.5 Å². The summed E-state index contributed by atoms with van der Waals surface area (Å²) in [5.41, 5.74) is 3.38. The van der Waals surface area contributed by atoms with E-state index < -0.39 is 12.3 Å². The van der Waals surface area contributed by atoms with Gasteiger partial charge in [-0.2, -0.15) is 0 Å². The van der Waals surface area contributed by atoms with Crippen LogP contribution in [0.1, 0.15) is 75.3 Å². The fourth-order valence-corrected chi connectivity index (χ4v) is 6.97. The Kier molecular flexibility index (Phi) is 8.45. The Bertz CT molecular complexity index is 1180. The minimum Gasteiger partial charge on any atom is -0.498 e. The van der Waals surface area contributed by atoms with Crippen molar-refractivity contribution >= 4 is 5.57 Å². The number of allylic oxidation sites excluding steroid dienone is 6. The summed E-state index contributed by atoms with van der Waals surface area (Å²) in [5.74, 6) is 2.56. The lowest BCUT2D eigenvalue weighted by atomic mass is 9.68. The third kappa shape index (κ3) is 5.65. The molecule has 2 aromatic rings. The third-order valence-electron chi connectivity index (χ3n) is 9.20. The van der Waals surface area contributed by atoms with Gasteiger partial charge in [-0.05, 0) is 122 Å². The van der Waals surface area contributed by atoms with E-state index in [-0.39, 0.29) is 17.1 Å². The molecular weight excluding hydrogens is 481 g/mol. The van der Waals surface area contributed by atoms with Crippen LogP contribution < -0.4 is 0 Å². The van der Waals surface area contributed by atoms with Gasteiger partial charge in [-0.1, -0.05) is 54.6 Å². The minimum atomic E-state index is -1.81. The Balaban J connectivity index is 1.21. The summed E-state index contributed by atoms with van der Waals surface area (Å²) in [6, 6.07) is 12.8. The topological polar surface area (TPSA) is 9.23 Å². The maximum absolute atomic E-state index is 15.3. The quantitative estimate of drug-likeness (QED) is 0.345. The molecule has 0 spiro atoms. The van der Waals surface area contributed by atoms with E-state index in [0.717, 1.165) is 47.3 Å². The second kappa shape index (κ2) is 12.0. The van der Waals surface area contributed by atoms with Gasteiger partial charge in [0, 0.05) is 0 Å². The zero-order chi connectivity index (χ0) is 26.6. The number of ether oxygens (including phenoxy) is 1. The van der Waals surface area contributed by atoms with Gasteiger partial charge in [0.2, 0.25) is 0 Å². The smallest absolute Gasteiger partial charge is 0.192 e. The Morgan fingerprint density at radius 2 is 1.34 bits per heavy atom. The lowest BCUT2D eigenvalue weighted by molar-refractivity contribution is 0.152. The van der Waals surface area contributed by atoms with Crippen molar-refractivity contribution in [2.45, 2.75) is 76.6 Å². The van der Waals surface area contributed by atoms with E-state index in [1.54, 1.807) is 24.3 Å². The second-order valence-electron chi connectivity index (χ2n) is 11.3. The number of alkyl halides is 2.